The number of aromatic nitrogens is 2. The van der Waals surface area contributed by atoms with Crippen molar-refractivity contribution < 1.29 is 9.53 Å². The molecule has 22 heavy (non-hydrogen) atoms. The van der Waals surface area contributed by atoms with Crippen LogP contribution in [0.2, 0.25) is 0 Å². The minimum Gasteiger partial charge on any atom is -0.368 e. The van der Waals surface area contributed by atoms with Gasteiger partial charge in [-0.15, -0.1) is 0 Å². The van der Waals surface area contributed by atoms with Crippen molar-refractivity contribution in [2.45, 2.75) is 50.7 Å². The number of amides is 1. The maximum Gasteiger partial charge on any atom is 0.251 e. The van der Waals surface area contributed by atoms with Crippen LogP contribution in [-0.4, -0.2) is 52.6 Å². The van der Waals surface area contributed by atoms with Crippen LogP contribution in [0, 0.1) is 0 Å². The molecule has 1 saturated carbocycles. The van der Waals surface area contributed by atoms with Crippen molar-refractivity contribution >= 4 is 11.7 Å². The highest BCUT2D eigenvalue weighted by Crippen LogP contribution is 2.28. The average Bonchev–Trinajstić information content (AvgIpc) is 3.23. The molecule has 0 unspecified atom stereocenters. The Morgan fingerprint density at radius 3 is 2.86 bits per heavy atom. The molecule has 118 valence electrons. The molecule has 1 aromatic rings. The largest absolute Gasteiger partial charge is 0.368 e. The summed E-state index contributed by atoms with van der Waals surface area (Å²) >= 11 is 0. The standard InChI is InChI=1S/C16H22N4O2/c21-16(14-2-1-9-22-14)20-7-5-12-13(6-8-20)17-10-18-15(12)19-11-3-4-11/h10-11,14H,1-9H2,(H,17,18,19)/t14-/m0/s1. The fourth-order valence-electron chi connectivity index (χ4n) is 3.27. The molecule has 1 N–H and O–H groups in total. The second-order valence-corrected chi connectivity index (χ2v) is 6.39. The van der Waals surface area contributed by atoms with E-state index in [1.54, 1.807) is 6.33 Å². The van der Waals surface area contributed by atoms with Gasteiger partial charge < -0.3 is 15.0 Å². The predicted octanol–water partition coefficient (Wildman–Crippen LogP) is 1.16. The monoisotopic (exact) mass is 302 g/mol. The average molecular weight is 302 g/mol. The van der Waals surface area contributed by atoms with Crippen LogP contribution >= 0.6 is 0 Å². The highest BCUT2D eigenvalue weighted by molar-refractivity contribution is 5.81. The molecule has 1 atom stereocenters. The number of hydrogen-bond donors (Lipinski definition) is 1. The Balaban J connectivity index is 1.48. The van der Waals surface area contributed by atoms with Crippen molar-refractivity contribution in [3.05, 3.63) is 17.6 Å². The van der Waals surface area contributed by atoms with E-state index in [-0.39, 0.29) is 12.0 Å². The molecule has 2 fully saturated rings. The Morgan fingerprint density at radius 1 is 1.23 bits per heavy atom. The van der Waals surface area contributed by atoms with Crippen molar-refractivity contribution in [1.29, 1.82) is 0 Å². The number of ether oxygens (including phenoxy) is 1. The van der Waals surface area contributed by atoms with Crippen LogP contribution in [0.3, 0.4) is 0 Å². The zero-order valence-corrected chi connectivity index (χ0v) is 12.8. The van der Waals surface area contributed by atoms with E-state index in [9.17, 15) is 4.79 Å². The molecule has 1 amide bonds. The molecule has 4 rings (SSSR count). The molecule has 1 aromatic heterocycles. The van der Waals surface area contributed by atoms with E-state index in [2.05, 4.69) is 15.3 Å². The lowest BCUT2D eigenvalue weighted by molar-refractivity contribution is -0.140. The van der Waals surface area contributed by atoms with Crippen LogP contribution in [-0.2, 0) is 22.4 Å². The molecular weight excluding hydrogens is 280 g/mol. The molecule has 3 heterocycles. The number of fused-ring (bicyclic) bond motifs is 1. The van der Waals surface area contributed by atoms with Crippen LogP contribution in [0.25, 0.3) is 0 Å². The molecule has 6 heteroatoms. The molecule has 1 saturated heterocycles. The SMILES string of the molecule is O=C([C@@H]1CCCO1)N1CCc2ncnc(NC3CC3)c2CC1. The van der Waals surface area contributed by atoms with Gasteiger partial charge in [-0.25, -0.2) is 9.97 Å². The van der Waals surface area contributed by atoms with Crippen molar-refractivity contribution in [1.82, 2.24) is 14.9 Å². The van der Waals surface area contributed by atoms with Gasteiger partial charge in [-0.1, -0.05) is 0 Å². The number of nitrogens with zero attached hydrogens (tertiary/aromatic N) is 3. The summed E-state index contributed by atoms with van der Waals surface area (Å²) in [5.41, 5.74) is 2.28. The summed E-state index contributed by atoms with van der Waals surface area (Å²) in [7, 11) is 0. The van der Waals surface area contributed by atoms with Crippen LogP contribution in [0.5, 0.6) is 0 Å². The van der Waals surface area contributed by atoms with Gasteiger partial charge in [0.25, 0.3) is 5.91 Å². The van der Waals surface area contributed by atoms with Crippen LogP contribution in [0.4, 0.5) is 5.82 Å². The minimum atomic E-state index is -0.226. The van der Waals surface area contributed by atoms with Gasteiger partial charge in [-0.05, 0) is 32.1 Å². The van der Waals surface area contributed by atoms with Crippen LogP contribution in [0.15, 0.2) is 6.33 Å². The van der Waals surface area contributed by atoms with E-state index in [1.165, 1.54) is 18.4 Å². The third kappa shape index (κ3) is 2.79. The van der Waals surface area contributed by atoms with Gasteiger partial charge in [0.15, 0.2) is 0 Å². The molecule has 0 aromatic carbocycles. The lowest BCUT2D eigenvalue weighted by atomic mass is 10.1. The number of hydrogen-bond acceptors (Lipinski definition) is 5. The zero-order valence-electron chi connectivity index (χ0n) is 12.8. The first-order valence-corrected chi connectivity index (χ1v) is 8.31. The van der Waals surface area contributed by atoms with E-state index < -0.39 is 0 Å². The number of rotatable bonds is 3. The summed E-state index contributed by atoms with van der Waals surface area (Å²) in [5.74, 6) is 1.12. The maximum atomic E-state index is 12.5. The molecule has 0 bridgehead atoms. The predicted molar refractivity (Wildman–Crippen MR) is 81.6 cm³/mol. The first-order chi connectivity index (χ1) is 10.8. The van der Waals surface area contributed by atoms with E-state index in [4.69, 9.17) is 4.74 Å². The number of anilines is 1. The van der Waals surface area contributed by atoms with Gasteiger partial charge >= 0.3 is 0 Å². The Labute approximate surface area is 130 Å². The fraction of sp³-hybridized carbons (Fsp3) is 0.688. The van der Waals surface area contributed by atoms with E-state index >= 15 is 0 Å². The van der Waals surface area contributed by atoms with Crippen molar-refractivity contribution in [2.75, 3.05) is 25.0 Å². The summed E-state index contributed by atoms with van der Waals surface area (Å²) in [5, 5.41) is 3.49. The first kappa shape index (κ1) is 13.9. The van der Waals surface area contributed by atoms with Crippen molar-refractivity contribution in [3.63, 3.8) is 0 Å². The van der Waals surface area contributed by atoms with E-state index in [0.29, 0.717) is 12.6 Å². The highest BCUT2D eigenvalue weighted by atomic mass is 16.5. The van der Waals surface area contributed by atoms with E-state index in [1.807, 2.05) is 4.90 Å². The Kier molecular flexibility index (Phi) is 3.70. The molecule has 1 aliphatic carbocycles. The zero-order chi connectivity index (χ0) is 14.9. The summed E-state index contributed by atoms with van der Waals surface area (Å²) in [6, 6.07) is 0.576. The second kappa shape index (κ2) is 5.83. The van der Waals surface area contributed by atoms with Gasteiger partial charge in [0.1, 0.15) is 18.2 Å². The summed E-state index contributed by atoms with van der Waals surface area (Å²) in [6.45, 7) is 2.18. The van der Waals surface area contributed by atoms with Crippen LogP contribution < -0.4 is 5.32 Å². The third-order valence-electron chi connectivity index (χ3n) is 4.72. The summed E-state index contributed by atoms with van der Waals surface area (Å²) in [6.07, 6.45) is 7.34. The molecule has 3 aliphatic rings. The molecule has 6 nitrogen and oxygen atoms in total. The normalized spacial score (nSPS) is 24.7. The highest BCUT2D eigenvalue weighted by Gasteiger charge is 2.30. The third-order valence-corrected chi connectivity index (χ3v) is 4.72. The molecule has 0 radical (unpaired) electrons. The Bertz CT molecular complexity index is 567. The summed E-state index contributed by atoms with van der Waals surface area (Å²) < 4.78 is 5.54. The van der Waals surface area contributed by atoms with Gasteiger partial charge in [0.05, 0.1) is 5.69 Å². The number of carbonyl (C=O) groups excluding carboxylic acids is 1. The fourth-order valence-corrected chi connectivity index (χ4v) is 3.27. The van der Waals surface area contributed by atoms with E-state index in [0.717, 1.165) is 50.3 Å². The lowest BCUT2D eigenvalue weighted by Gasteiger charge is -2.23. The summed E-state index contributed by atoms with van der Waals surface area (Å²) in [4.78, 5) is 23.3. The number of carbonyl (C=O) groups is 1. The van der Waals surface area contributed by atoms with Crippen LogP contribution in [0.1, 0.15) is 36.9 Å². The maximum absolute atomic E-state index is 12.5. The quantitative estimate of drug-likeness (QED) is 0.907. The smallest absolute Gasteiger partial charge is 0.251 e. The molecular formula is C16H22N4O2. The van der Waals surface area contributed by atoms with Gasteiger partial charge in [-0.2, -0.15) is 0 Å². The molecule has 0 spiro atoms. The Morgan fingerprint density at radius 2 is 2.09 bits per heavy atom. The van der Waals surface area contributed by atoms with Gasteiger partial charge in [0.2, 0.25) is 0 Å². The van der Waals surface area contributed by atoms with Crippen molar-refractivity contribution in [2.24, 2.45) is 0 Å². The van der Waals surface area contributed by atoms with Gasteiger partial charge in [0, 0.05) is 37.7 Å². The van der Waals surface area contributed by atoms with Gasteiger partial charge in [-0.3, -0.25) is 4.79 Å². The second-order valence-electron chi connectivity index (χ2n) is 6.39. The Hall–Kier alpha value is -1.69. The first-order valence-electron chi connectivity index (χ1n) is 8.31. The topological polar surface area (TPSA) is 67.3 Å². The lowest BCUT2D eigenvalue weighted by Crippen LogP contribution is -2.40. The minimum absolute atomic E-state index is 0.148. The number of nitrogens with one attached hydrogen (secondary N) is 1. The van der Waals surface area contributed by atoms with Crippen molar-refractivity contribution in [3.8, 4) is 0 Å². The molecule has 2 aliphatic heterocycles.